The fraction of sp³-hybridized carbons (Fsp3) is 0.368. The first kappa shape index (κ1) is 12.4. The van der Waals surface area contributed by atoms with E-state index in [0.717, 1.165) is 21.3 Å². The van der Waals surface area contributed by atoms with Gasteiger partial charge >= 0.3 is 6.61 Å². The molecule has 7 heteroatoms. The van der Waals surface area contributed by atoms with Crippen molar-refractivity contribution in [1.82, 2.24) is 9.88 Å². The molecule has 26 heavy (non-hydrogen) atoms. The van der Waals surface area contributed by atoms with Gasteiger partial charge < -0.3 is 19.4 Å². The highest BCUT2D eigenvalue weighted by molar-refractivity contribution is 7.11. The van der Waals surface area contributed by atoms with Gasteiger partial charge in [0.2, 0.25) is 0 Å². The van der Waals surface area contributed by atoms with Crippen molar-refractivity contribution in [2.24, 2.45) is 0 Å². The smallest absolute Gasteiger partial charge is 0.345 e. The molecule has 0 saturated carbocycles. The molecule has 0 aliphatic rings. The van der Waals surface area contributed by atoms with Gasteiger partial charge in [-0.25, -0.2) is 0 Å². The Labute approximate surface area is 163 Å². The van der Waals surface area contributed by atoms with Gasteiger partial charge in [-0.2, -0.15) is 8.78 Å². The summed E-state index contributed by atoms with van der Waals surface area (Å²) in [6.07, 6.45) is 1.89. The Morgan fingerprint density at radius 3 is 2.77 bits per heavy atom. The van der Waals surface area contributed by atoms with Gasteiger partial charge in [0.25, 0.3) is 0 Å². The number of benzene rings is 1. The number of nitrogens with zero attached hydrogens (tertiary/aromatic N) is 1. The lowest BCUT2D eigenvalue weighted by Gasteiger charge is -2.11. The third kappa shape index (κ3) is 4.81. The van der Waals surface area contributed by atoms with Crippen LogP contribution in [0, 0.1) is 0 Å². The number of aromatic amines is 1. The number of aromatic nitrogens is 1. The Morgan fingerprint density at radius 1 is 1.19 bits per heavy atom. The zero-order chi connectivity index (χ0) is 23.5. The van der Waals surface area contributed by atoms with E-state index in [2.05, 4.69) is 9.72 Å². The van der Waals surface area contributed by atoms with E-state index >= 15 is 0 Å². The van der Waals surface area contributed by atoms with Gasteiger partial charge in [-0.3, -0.25) is 0 Å². The molecule has 3 rings (SSSR count). The lowest BCUT2D eigenvalue weighted by molar-refractivity contribution is -0.136. The molecule has 3 aromatic rings. The Morgan fingerprint density at radius 2 is 2.00 bits per heavy atom. The second-order valence-corrected chi connectivity index (χ2v) is 6.88. The molecule has 0 unspecified atom stereocenters. The second kappa shape index (κ2) is 8.62. The molecule has 2 aromatic heterocycles. The van der Waals surface area contributed by atoms with Crippen LogP contribution in [-0.2, 0) is 24.4 Å². The van der Waals surface area contributed by atoms with E-state index in [1.165, 1.54) is 11.3 Å². The summed E-state index contributed by atoms with van der Waals surface area (Å²) in [4.78, 5) is 5.09. The third-order valence-electron chi connectivity index (χ3n) is 3.79. The summed E-state index contributed by atoms with van der Waals surface area (Å²) in [5, 5.41) is 0.737. The van der Waals surface area contributed by atoms with Crippen LogP contribution in [0.15, 0.2) is 36.5 Å². The quantitative estimate of drug-likeness (QED) is 0.582. The summed E-state index contributed by atoms with van der Waals surface area (Å²) in [5.74, 6) is 0.548. The number of ether oxygens (including phenoxy) is 2. The number of fused-ring (bicyclic) bond motifs is 1. The minimum atomic E-state index is -2.83. The zero-order valence-electron chi connectivity index (χ0n) is 19.8. The SMILES string of the molecule is [2H]C([2H])([2H])N(CCc1c[nH]c2cccc(OCc3ccc(COC(F)F)s3)c12)C([2H])([2H])[2H]. The lowest BCUT2D eigenvalue weighted by Crippen LogP contribution is -2.14. The van der Waals surface area contributed by atoms with Crippen LogP contribution in [0.1, 0.15) is 23.5 Å². The van der Waals surface area contributed by atoms with E-state index in [0.29, 0.717) is 15.5 Å². The number of likely N-dealkylation sites (N-methyl/N-ethyl adjacent to an activating group) is 1. The lowest BCUT2D eigenvalue weighted by atomic mass is 10.1. The zero-order valence-corrected chi connectivity index (χ0v) is 14.6. The van der Waals surface area contributed by atoms with Crippen LogP contribution in [0.2, 0.25) is 0 Å². The first-order valence-electron chi connectivity index (χ1n) is 10.9. The van der Waals surface area contributed by atoms with Crippen LogP contribution >= 0.6 is 11.3 Å². The fourth-order valence-electron chi connectivity index (χ4n) is 2.64. The summed E-state index contributed by atoms with van der Waals surface area (Å²) in [6.45, 7) is -8.48. The first-order valence-corrected chi connectivity index (χ1v) is 8.73. The largest absolute Gasteiger partial charge is 0.487 e. The molecule has 1 aromatic carbocycles. The molecule has 0 aliphatic carbocycles. The summed E-state index contributed by atoms with van der Waals surface area (Å²) in [6, 6.07) is 8.87. The van der Waals surface area contributed by atoms with Crippen molar-refractivity contribution in [2.45, 2.75) is 26.2 Å². The molecule has 0 aliphatic heterocycles. The van der Waals surface area contributed by atoms with Gasteiger partial charge in [0.15, 0.2) is 0 Å². The van der Waals surface area contributed by atoms with Gasteiger partial charge in [0, 0.05) is 41.6 Å². The number of hydrogen-bond donors (Lipinski definition) is 1. The van der Waals surface area contributed by atoms with Gasteiger partial charge in [-0.1, -0.05) is 6.07 Å². The molecular weight excluding hydrogens is 358 g/mol. The maximum Gasteiger partial charge on any atom is 0.345 e. The molecule has 2 heterocycles. The van der Waals surface area contributed by atoms with Crippen molar-refractivity contribution in [2.75, 3.05) is 20.5 Å². The minimum Gasteiger partial charge on any atom is -0.487 e. The molecule has 0 spiro atoms. The van der Waals surface area contributed by atoms with Crippen LogP contribution < -0.4 is 4.74 Å². The van der Waals surface area contributed by atoms with Gasteiger partial charge in [0.05, 0.1) is 6.61 Å². The van der Waals surface area contributed by atoms with E-state index in [1.807, 2.05) is 6.07 Å². The predicted octanol–water partition coefficient (Wildman–Crippen LogP) is 4.65. The van der Waals surface area contributed by atoms with E-state index in [1.54, 1.807) is 30.5 Å². The highest BCUT2D eigenvalue weighted by atomic mass is 32.1. The number of H-pyrrole nitrogens is 1. The third-order valence-corrected chi connectivity index (χ3v) is 4.83. The average molecular weight is 386 g/mol. The number of alkyl halides is 2. The van der Waals surface area contributed by atoms with E-state index in [9.17, 15) is 8.78 Å². The predicted molar refractivity (Wildman–Crippen MR) is 100 cm³/mol. The molecule has 0 fully saturated rings. The second-order valence-electron chi connectivity index (χ2n) is 5.62. The van der Waals surface area contributed by atoms with Gasteiger partial charge in [-0.05, 0) is 50.2 Å². The Kier molecular flexibility index (Phi) is 4.12. The standard InChI is InChI=1S/C19H22F2N2O2S/c1-23(2)9-8-13-10-22-16-4-3-5-17(18(13)16)24-11-14-6-7-15(26-14)12-25-19(20)21/h3-7,10,19,22H,8-9,11-12H2,1-2H3/i1D3,2D3. The Hall–Kier alpha value is -1.96. The number of thiophene rings is 1. The number of hydrogen-bond acceptors (Lipinski definition) is 4. The molecule has 0 amide bonds. The van der Waals surface area contributed by atoms with Crippen molar-refractivity contribution in [3.05, 3.63) is 51.8 Å². The van der Waals surface area contributed by atoms with Crippen molar-refractivity contribution in [3.8, 4) is 5.75 Å². The van der Waals surface area contributed by atoms with Crippen LogP contribution in [0.25, 0.3) is 10.9 Å². The molecule has 0 bridgehead atoms. The van der Waals surface area contributed by atoms with Gasteiger partial charge in [0.1, 0.15) is 12.4 Å². The van der Waals surface area contributed by atoms with Crippen LogP contribution in [0.4, 0.5) is 8.78 Å². The maximum absolute atomic E-state index is 12.2. The summed E-state index contributed by atoms with van der Waals surface area (Å²) >= 11 is 1.30. The highest BCUT2D eigenvalue weighted by Crippen LogP contribution is 2.30. The number of halogens is 2. The molecule has 0 radical (unpaired) electrons. The Bertz CT molecular complexity index is 1020. The molecule has 140 valence electrons. The normalized spacial score (nSPS) is 16.2. The van der Waals surface area contributed by atoms with Crippen molar-refractivity contribution >= 4 is 22.2 Å². The monoisotopic (exact) mass is 386 g/mol. The molecule has 0 saturated heterocycles. The average Bonchev–Trinajstić information content (AvgIpc) is 3.30. The maximum atomic E-state index is 12.2. The molecular formula is C19H22F2N2O2S. The van der Waals surface area contributed by atoms with E-state index < -0.39 is 20.6 Å². The van der Waals surface area contributed by atoms with Crippen molar-refractivity contribution < 1.29 is 26.5 Å². The summed E-state index contributed by atoms with van der Waals surface area (Å²) < 4.78 is 79.7. The topological polar surface area (TPSA) is 37.5 Å². The van der Waals surface area contributed by atoms with E-state index in [4.69, 9.17) is 13.0 Å². The summed E-state index contributed by atoms with van der Waals surface area (Å²) in [7, 11) is 0. The molecule has 4 nitrogen and oxygen atoms in total. The molecule has 0 atom stereocenters. The van der Waals surface area contributed by atoms with Crippen LogP contribution in [-0.4, -0.2) is 37.0 Å². The number of nitrogens with one attached hydrogen (secondary N) is 1. The van der Waals surface area contributed by atoms with Crippen LogP contribution in [0.5, 0.6) is 5.75 Å². The highest BCUT2D eigenvalue weighted by Gasteiger charge is 2.11. The number of rotatable bonds is 9. The minimum absolute atomic E-state index is 0.177. The fourth-order valence-corrected chi connectivity index (χ4v) is 3.49. The Balaban J connectivity index is 1.73. The molecule has 1 N–H and O–H groups in total. The van der Waals surface area contributed by atoms with Crippen molar-refractivity contribution in [3.63, 3.8) is 0 Å². The first-order chi connectivity index (χ1) is 14.9. The summed E-state index contributed by atoms with van der Waals surface area (Å²) in [5.41, 5.74) is 1.50. The van der Waals surface area contributed by atoms with Crippen LogP contribution in [0.3, 0.4) is 0 Å². The van der Waals surface area contributed by atoms with E-state index in [-0.39, 0.29) is 26.2 Å². The van der Waals surface area contributed by atoms with Crippen molar-refractivity contribution in [1.29, 1.82) is 0 Å². The van der Waals surface area contributed by atoms with Gasteiger partial charge in [-0.15, -0.1) is 11.3 Å².